The largest absolute Gasteiger partial charge is 0.466 e. The lowest BCUT2D eigenvalue weighted by Gasteiger charge is -2.20. The summed E-state index contributed by atoms with van der Waals surface area (Å²) in [5.74, 6) is -0.0459. The average molecular weight is 1140 g/mol. The van der Waals surface area contributed by atoms with E-state index in [1.807, 2.05) is 6.08 Å². The topological polar surface area (TPSA) is 95.9 Å². The van der Waals surface area contributed by atoms with Crippen molar-refractivity contribution in [3.63, 3.8) is 0 Å². The second-order valence-electron chi connectivity index (χ2n) is 25.6. The number of esters is 1. The van der Waals surface area contributed by atoms with Crippen LogP contribution in [0.4, 0.5) is 0 Å². The van der Waals surface area contributed by atoms with E-state index in [4.69, 9.17) is 4.74 Å². The van der Waals surface area contributed by atoms with Gasteiger partial charge in [-0.1, -0.05) is 372 Å². The quantitative estimate of drug-likeness (QED) is 0.0320. The van der Waals surface area contributed by atoms with Gasteiger partial charge in [-0.05, 0) is 57.8 Å². The molecule has 2 atom stereocenters. The number of aliphatic hydroxyl groups excluding tert-OH is 2. The Labute approximate surface area is 507 Å². The van der Waals surface area contributed by atoms with Gasteiger partial charge in [0, 0.05) is 12.8 Å². The van der Waals surface area contributed by atoms with Crippen molar-refractivity contribution >= 4 is 11.9 Å². The van der Waals surface area contributed by atoms with Crippen molar-refractivity contribution in [2.45, 2.75) is 431 Å². The molecule has 0 aromatic rings. The first-order valence-corrected chi connectivity index (χ1v) is 37.1. The number of amides is 1. The van der Waals surface area contributed by atoms with E-state index in [1.54, 1.807) is 6.08 Å². The molecule has 81 heavy (non-hydrogen) atoms. The maximum absolute atomic E-state index is 12.5. The van der Waals surface area contributed by atoms with E-state index >= 15 is 0 Å². The predicted octanol–water partition coefficient (Wildman–Crippen LogP) is 24.1. The molecule has 480 valence electrons. The van der Waals surface area contributed by atoms with Gasteiger partial charge in [-0.3, -0.25) is 9.59 Å². The third-order valence-electron chi connectivity index (χ3n) is 17.5. The molecule has 0 fully saturated rings. The third kappa shape index (κ3) is 67.3. The highest BCUT2D eigenvalue weighted by molar-refractivity contribution is 5.76. The first-order valence-electron chi connectivity index (χ1n) is 37.1. The van der Waals surface area contributed by atoms with Gasteiger partial charge in [0.1, 0.15) is 0 Å². The molecule has 1 amide bonds. The Morgan fingerprint density at radius 3 is 0.901 bits per heavy atom. The lowest BCUT2D eigenvalue weighted by molar-refractivity contribution is -0.143. The number of carbonyl (C=O) groups excluding carboxylic acids is 2. The van der Waals surface area contributed by atoms with E-state index in [0.29, 0.717) is 19.4 Å². The van der Waals surface area contributed by atoms with Crippen LogP contribution in [0, 0.1) is 0 Å². The molecule has 0 aliphatic rings. The Balaban J connectivity index is 3.31. The van der Waals surface area contributed by atoms with Gasteiger partial charge in [0.25, 0.3) is 0 Å². The van der Waals surface area contributed by atoms with E-state index in [-0.39, 0.29) is 18.5 Å². The molecule has 6 heteroatoms. The molecule has 2 unspecified atom stereocenters. The van der Waals surface area contributed by atoms with E-state index in [2.05, 4.69) is 31.3 Å². The molecular formula is C75H145NO5. The second kappa shape index (κ2) is 70.8. The summed E-state index contributed by atoms with van der Waals surface area (Å²) in [6.45, 7) is 4.91. The Bertz CT molecular complexity index is 1270. The highest BCUT2D eigenvalue weighted by atomic mass is 16.5. The van der Waals surface area contributed by atoms with Crippen LogP contribution in [0.15, 0.2) is 24.3 Å². The van der Waals surface area contributed by atoms with Gasteiger partial charge in [0.15, 0.2) is 0 Å². The van der Waals surface area contributed by atoms with Gasteiger partial charge in [-0.2, -0.15) is 0 Å². The fourth-order valence-electron chi connectivity index (χ4n) is 11.8. The van der Waals surface area contributed by atoms with Crippen molar-refractivity contribution in [2.24, 2.45) is 0 Å². The fraction of sp³-hybridized carbons (Fsp3) is 0.920. The number of allylic oxidation sites excluding steroid dienone is 3. The molecule has 6 nitrogen and oxygen atoms in total. The monoisotopic (exact) mass is 1140 g/mol. The minimum Gasteiger partial charge on any atom is -0.466 e. The normalized spacial score (nSPS) is 12.6. The van der Waals surface area contributed by atoms with Crippen LogP contribution in [0.25, 0.3) is 0 Å². The summed E-state index contributed by atoms with van der Waals surface area (Å²) in [7, 11) is 0. The van der Waals surface area contributed by atoms with Gasteiger partial charge < -0.3 is 20.3 Å². The van der Waals surface area contributed by atoms with Gasteiger partial charge in [-0.25, -0.2) is 0 Å². The van der Waals surface area contributed by atoms with Crippen molar-refractivity contribution in [1.29, 1.82) is 0 Å². The number of unbranched alkanes of at least 4 members (excludes halogenated alkanes) is 57. The second-order valence-corrected chi connectivity index (χ2v) is 25.6. The summed E-state index contributed by atoms with van der Waals surface area (Å²) in [6.07, 6.45) is 90.1. The first-order chi connectivity index (χ1) is 40.0. The van der Waals surface area contributed by atoms with Crippen LogP contribution in [-0.2, 0) is 14.3 Å². The summed E-state index contributed by atoms with van der Waals surface area (Å²) < 4.78 is 5.48. The maximum atomic E-state index is 12.5. The third-order valence-corrected chi connectivity index (χ3v) is 17.5. The molecule has 0 saturated carbocycles. The van der Waals surface area contributed by atoms with Gasteiger partial charge in [-0.15, -0.1) is 0 Å². The number of rotatable bonds is 70. The molecule has 0 spiro atoms. The average Bonchev–Trinajstić information content (AvgIpc) is 3.47. The zero-order valence-corrected chi connectivity index (χ0v) is 55.0. The summed E-state index contributed by atoms with van der Waals surface area (Å²) in [6, 6.07) is -0.623. The van der Waals surface area contributed by atoms with Crippen LogP contribution in [0.2, 0.25) is 0 Å². The van der Waals surface area contributed by atoms with Crippen LogP contribution in [0.5, 0.6) is 0 Å². The minimum atomic E-state index is -0.840. The Kier molecular flexibility index (Phi) is 69.4. The number of nitrogens with one attached hydrogen (secondary N) is 1. The highest BCUT2D eigenvalue weighted by Crippen LogP contribution is 2.19. The Morgan fingerprint density at radius 1 is 0.333 bits per heavy atom. The summed E-state index contributed by atoms with van der Waals surface area (Å²) >= 11 is 0. The van der Waals surface area contributed by atoms with Crippen LogP contribution < -0.4 is 5.32 Å². The molecule has 0 heterocycles. The number of aliphatic hydroxyl groups is 2. The first kappa shape index (κ1) is 79.3. The lowest BCUT2D eigenvalue weighted by Crippen LogP contribution is -2.45. The van der Waals surface area contributed by atoms with Crippen LogP contribution in [-0.4, -0.2) is 47.4 Å². The summed E-state index contributed by atoms with van der Waals surface area (Å²) in [5, 5.41) is 23.2. The van der Waals surface area contributed by atoms with Gasteiger partial charge >= 0.3 is 5.97 Å². The van der Waals surface area contributed by atoms with E-state index in [1.165, 1.54) is 347 Å². The summed E-state index contributed by atoms with van der Waals surface area (Å²) in [5.41, 5.74) is 0. The lowest BCUT2D eigenvalue weighted by atomic mass is 10.0. The predicted molar refractivity (Wildman–Crippen MR) is 356 cm³/mol. The maximum Gasteiger partial charge on any atom is 0.305 e. The Morgan fingerprint density at radius 2 is 0.580 bits per heavy atom. The van der Waals surface area contributed by atoms with Gasteiger partial charge in [0.2, 0.25) is 5.91 Å². The van der Waals surface area contributed by atoms with E-state index in [9.17, 15) is 19.8 Å². The van der Waals surface area contributed by atoms with Crippen LogP contribution in [0.3, 0.4) is 0 Å². The molecule has 0 aromatic heterocycles. The molecule has 0 bridgehead atoms. The number of ether oxygens (including phenoxy) is 1. The molecule has 3 N–H and O–H groups in total. The molecule has 0 rings (SSSR count). The van der Waals surface area contributed by atoms with Gasteiger partial charge in [0.05, 0.1) is 25.4 Å². The number of carbonyl (C=O) groups is 2. The number of hydrogen-bond acceptors (Lipinski definition) is 5. The minimum absolute atomic E-state index is 0.0135. The fourth-order valence-corrected chi connectivity index (χ4v) is 11.8. The van der Waals surface area contributed by atoms with Crippen molar-refractivity contribution in [1.82, 2.24) is 5.32 Å². The SMILES string of the molecule is CCCCC/C=C\CCCCCCCC(=O)OCCCCCCCCCCCCCCCCCCCCCCCCCCCCCCCCCCCCCCCC(=O)NC(CO)C(O)/C=C/CCCCCCCCCCCCCCC. The van der Waals surface area contributed by atoms with E-state index in [0.717, 1.165) is 44.9 Å². The zero-order valence-electron chi connectivity index (χ0n) is 55.0. The molecule has 0 aliphatic carbocycles. The van der Waals surface area contributed by atoms with Crippen molar-refractivity contribution < 1.29 is 24.5 Å². The van der Waals surface area contributed by atoms with E-state index < -0.39 is 12.1 Å². The molecule has 0 radical (unpaired) electrons. The van der Waals surface area contributed by atoms with Crippen LogP contribution >= 0.6 is 0 Å². The molecular weight excluding hydrogens is 995 g/mol. The van der Waals surface area contributed by atoms with Crippen molar-refractivity contribution in [3.8, 4) is 0 Å². The van der Waals surface area contributed by atoms with Crippen molar-refractivity contribution in [2.75, 3.05) is 13.2 Å². The smallest absolute Gasteiger partial charge is 0.305 e. The highest BCUT2D eigenvalue weighted by Gasteiger charge is 2.18. The molecule has 0 aliphatic heterocycles. The molecule has 0 saturated heterocycles. The molecule has 0 aromatic carbocycles. The standard InChI is InChI=1S/C75H145NO5/c1-3-5-7-9-11-13-15-17-41-44-47-51-55-59-63-67-73(78)72(71-77)76-74(79)68-64-60-56-52-48-45-42-39-37-35-33-31-29-27-25-23-21-19-18-20-22-24-26-28-30-32-34-36-38-40-43-46-50-54-58-62-66-70-81-75(80)69-65-61-57-53-49-16-14-12-10-8-6-4-2/h12,14,63,67,72-73,77-78H,3-11,13,15-62,64-66,68-71H2,1-2H3,(H,76,79)/b14-12-,67-63+. The summed E-state index contributed by atoms with van der Waals surface area (Å²) in [4.78, 5) is 24.5. The van der Waals surface area contributed by atoms with Crippen molar-refractivity contribution in [3.05, 3.63) is 24.3 Å². The zero-order chi connectivity index (χ0) is 58.5. The Hall–Kier alpha value is -1.66. The number of hydrogen-bond donors (Lipinski definition) is 3. The van der Waals surface area contributed by atoms with Crippen LogP contribution in [0.1, 0.15) is 418 Å².